The molecule has 0 saturated carbocycles. The van der Waals surface area contributed by atoms with Crippen LogP contribution >= 0.6 is 11.6 Å². The predicted octanol–water partition coefficient (Wildman–Crippen LogP) is 3.23. The van der Waals surface area contributed by atoms with Crippen LogP contribution in [0.15, 0.2) is 24.3 Å². The molecule has 0 aliphatic carbocycles. The number of aliphatic carboxylic acids is 1. The zero-order valence-corrected chi connectivity index (χ0v) is 13.6. The minimum absolute atomic E-state index is 0.0624. The third kappa shape index (κ3) is 4.73. The fourth-order valence-electron chi connectivity index (χ4n) is 2.93. The van der Waals surface area contributed by atoms with Gasteiger partial charge in [-0.25, -0.2) is 0 Å². The summed E-state index contributed by atoms with van der Waals surface area (Å²) in [6.07, 6.45) is 2.71. The van der Waals surface area contributed by atoms with Crippen LogP contribution in [0.4, 0.5) is 0 Å². The molecular weight excluding hydrogens is 302 g/mol. The summed E-state index contributed by atoms with van der Waals surface area (Å²) in [7, 11) is 0. The molecule has 1 amide bonds. The number of likely N-dealkylation sites (tertiary alicyclic amines) is 1. The Labute approximate surface area is 136 Å². The quantitative estimate of drug-likeness (QED) is 0.905. The number of rotatable bonds is 5. The Kier molecular flexibility index (Phi) is 5.83. The Morgan fingerprint density at radius 3 is 2.68 bits per heavy atom. The van der Waals surface area contributed by atoms with Gasteiger partial charge in [0.1, 0.15) is 0 Å². The smallest absolute Gasteiger partial charge is 0.308 e. The van der Waals surface area contributed by atoms with Gasteiger partial charge in [0, 0.05) is 24.5 Å². The van der Waals surface area contributed by atoms with Crippen LogP contribution in [-0.2, 0) is 16.0 Å². The van der Waals surface area contributed by atoms with Crippen molar-refractivity contribution in [2.75, 3.05) is 13.1 Å². The van der Waals surface area contributed by atoms with Gasteiger partial charge in [0.15, 0.2) is 0 Å². The number of nitrogens with zero attached hydrogens (tertiary/aromatic N) is 1. The molecule has 1 fully saturated rings. The van der Waals surface area contributed by atoms with E-state index in [0.717, 1.165) is 18.4 Å². The van der Waals surface area contributed by atoms with Crippen LogP contribution in [0.3, 0.4) is 0 Å². The maximum Gasteiger partial charge on any atom is 0.308 e. The van der Waals surface area contributed by atoms with Crippen molar-refractivity contribution in [3.05, 3.63) is 34.9 Å². The monoisotopic (exact) mass is 323 g/mol. The van der Waals surface area contributed by atoms with Gasteiger partial charge in [0.05, 0.1) is 5.92 Å². The van der Waals surface area contributed by atoms with Crippen molar-refractivity contribution in [1.82, 2.24) is 4.90 Å². The number of carboxylic acids is 1. The molecule has 0 aromatic heterocycles. The maximum atomic E-state index is 12.3. The molecule has 1 saturated heterocycles. The average molecular weight is 324 g/mol. The maximum absolute atomic E-state index is 12.3. The van der Waals surface area contributed by atoms with Gasteiger partial charge in [0.2, 0.25) is 5.91 Å². The molecule has 0 spiro atoms. The van der Waals surface area contributed by atoms with E-state index in [1.54, 1.807) is 4.90 Å². The summed E-state index contributed by atoms with van der Waals surface area (Å²) in [4.78, 5) is 25.1. The SMILES string of the molecule is CC(CC(=O)N1CCC[C@H](C(=O)O)C1)Cc1ccc(Cl)cc1. The van der Waals surface area contributed by atoms with E-state index < -0.39 is 11.9 Å². The Morgan fingerprint density at radius 1 is 1.36 bits per heavy atom. The van der Waals surface area contributed by atoms with Gasteiger partial charge in [-0.3, -0.25) is 9.59 Å². The minimum Gasteiger partial charge on any atom is -0.481 e. The molecule has 0 bridgehead atoms. The topological polar surface area (TPSA) is 57.6 Å². The van der Waals surface area contributed by atoms with Gasteiger partial charge < -0.3 is 10.0 Å². The molecule has 120 valence electrons. The van der Waals surface area contributed by atoms with Gasteiger partial charge in [-0.15, -0.1) is 0 Å². The van der Waals surface area contributed by atoms with E-state index >= 15 is 0 Å². The van der Waals surface area contributed by atoms with Crippen molar-refractivity contribution in [2.24, 2.45) is 11.8 Å². The van der Waals surface area contributed by atoms with Crippen LogP contribution in [0.5, 0.6) is 0 Å². The number of benzene rings is 1. The summed E-state index contributed by atoms with van der Waals surface area (Å²) in [5.74, 6) is -0.928. The normalized spacial score (nSPS) is 19.7. The number of piperidine rings is 1. The third-order valence-corrected chi connectivity index (χ3v) is 4.40. The first kappa shape index (κ1) is 16.8. The van der Waals surface area contributed by atoms with Crippen molar-refractivity contribution in [2.45, 2.75) is 32.6 Å². The third-order valence-electron chi connectivity index (χ3n) is 4.14. The lowest BCUT2D eigenvalue weighted by Gasteiger charge is -2.31. The number of halogens is 1. The molecule has 1 N–H and O–H groups in total. The zero-order valence-electron chi connectivity index (χ0n) is 12.8. The molecule has 1 heterocycles. The first-order valence-electron chi connectivity index (χ1n) is 7.70. The van der Waals surface area contributed by atoms with Crippen LogP contribution in [0.1, 0.15) is 31.7 Å². The van der Waals surface area contributed by atoms with Crippen molar-refractivity contribution < 1.29 is 14.7 Å². The van der Waals surface area contributed by atoms with E-state index in [4.69, 9.17) is 16.7 Å². The van der Waals surface area contributed by atoms with Crippen LogP contribution in [0.2, 0.25) is 5.02 Å². The molecule has 22 heavy (non-hydrogen) atoms. The second-order valence-corrected chi connectivity index (χ2v) is 6.59. The Bertz CT molecular complexity index is 529. The molecule has 1 unspecified atom stereocenters. The van der Waals surface area contributed by atoms with Crippen molar-refractivity contribution in [3.8, 4) is 0 Å². The Balaban J connectivity index is 1.85. The number of amides is 1. The standard InChI is InChI=1S/C17H22ClNO3/c1-12(9-13-4-6-15(18)7-5-13)10-16(20)19-8-2-3-14(11-19)17(21)22/h4-7,12,14H,2-3,8-11H2,1H3,(H,21,22)/t12?,14-/m0/s1. The molecule has 1 aromatic carbocycles. The molecule has 0 radical (unpaired) electrons. The van der Waals surface area contributed by atoms with E-state index in [2.05, 4.69) is 0 Å². The number of carbonyl (C=O) groups is 2. The second kappa shape index (κ2) is 7.63. The lowest BCUT2D eigenvalue weighted by atomic mass is 9.95. The van der Waals surface area contributed by atoms with Gasteiger partial charge in [0.25, 0.3) is 0 Å². The van der Waals surface area contributed by atoms with Crippen molar-refractivity contribution in [3.63, 3.8) is 0 Å². The van der Waals surface area contributed by atoms with Crippen molar-refractivity contribution in [1.29, 1.82) is 0 Å². The number of carboxylic acid groups (broad SMARTS) is 1. The summed E-state index contributed by atoms with van der Waals surface area (Å²) < 4.78 is 0. The lowest BCUT2D eigenvalue weighted by Crippen LogP contribution is -2.42. The van der Waals surface area contributed by atoms with E-state index in [-0.39, 0.29) is 11.8 Å². The lowest BCUT2D eigenvalue weighted by molar-refractivity contribution is -0.145. The second-order valence-electron chi connectivity index (χ2n) is 6.16. The van der Waals surface area contributed by atoms with Crippen LogP contribution in [-0.4, -0.2) is 35.0 Å². The molecule has 1 aliphatic heterocycles. The molecule has 2 rings (SSSR count). The molecule has 5 heteroatoms. The largest absolute Gasteiger partial charge is 0.481 e. The average Bonchev–Trinajstić information content (AvgIpc) is 2.49. The molecule has 4 nitrogen and oxygen atoms in total. The fraction of sp³-hybridized carbons (Fsp3) is 0.529. The van der Waals surface area contributed by atoms with Crippen molar-refractivity contribution >= 4 is 23.5 Å². The highest BCUT2D eigenvalue weighted by Gasteiger charge is 2.28. The summed E-state index contributed by atoms with van der Waals surface area (Å²) in [6, 6.07) is 7.66. The summed E-state index contributed by atoms with van der Waals surface area (Å²) in [5, 5.41) is 9.80. The first-order chi connectivity index (χ1) is 10.5. The van der Waals surface area contributed by atoms with E-state index in [9.17, 15) is 9.59 Å². The summed E-state index contributed by atoms with van der Waals surface area (Å²) >= 11 is 5.86. The highest BCUT2D eigenvalue weighted by molar-refractivity contribution is 6.30. The minimum atomic E-state index is -0.799. The van der Waals surface area contributed by atoms with Gasteiger partial charge in [-0.2, -0.15) is 0 Å². The Morgan fingerprint density at radius 2 is 2.05 bits per heavy atom. The molecule has 1 aromatic rings. The number of hydrogen-bond donors (Lipinski definition) is 1. The summed E-state index contributed by atoms with van der Waals surface area (Å²) in [5.41, 5.74) is 1.16. The highest BCUT2D eigenvalue weighted by atomic mass is 35.5. The fourth-order valence-corrected chi connectivity index (χ4v) is 3.05. The van der Waals surface area contributed by atoms with Gasteiger partial charge in [-0.1, -0.05) is 30.7 Å². The van der Waals surface area contributed by atoms with Crippen LogP contribution < -0.4 is 0 Å². The van der Waals surface area contributed by atoms with E-state index in [0.29, 0.717) is 31.0 Å². The highest BCUT2D eigenvalue weighted by Crippen LogP contribution is 2.20. The van der Waals surface area contributed by atoms with Gasteiger partial charge >= 0.3 is 5.97 Å². The number of hydrogen-bond acceptors (Lipinski definition) is 2. The van der Waals surface area contributed by atoms with Crippen LogP contribution in [0.25, 0.3) is 0 Å². The molecule has 2 atom stereocenters. The zero-order chi connectivity index (χ0) is 16.1. The predicted molar refractivity (Wildman–Crippen MR) is 85.9 cm³/mol. The number of carbonyl (C=O) groups excluding carboxylic acids is 1. The van der Waals surface area contributed by atoms with E-state index in [1.165, 1.54) is 0 Å². The van der Waals surface area contributed by atoms with E-state index in [1.807, 2.05) is 31.2 Å². The summed E-state index contributed by atoms with van der Waals surface area (Å²) in [6.45, 7) is 3.07. The first-order valence-corrected chi connectivity index (χ1v) is 8.08. The molecule has 1 aliphatic rings. The van der Waals surface area contributed by atoms with Crippen LogP contribution in [0, 0.1) is 11.8 Å². The van der Waals surface area contributed by atoms with Gasteiger partial charge in [-0.05, 0) is 42.9 Å². The molecular formula is C17H22ClNO3. The Hall–Kier alpha value is -1.55.